The molecule has 0 aliphatic heterocycles. The van der Waals surface area contributed by atoms with E-state index in [9.17, 15) is 26.8 Å². The number of amides is 2. The lowest BCUT2D eigenvalue weighted by Crippen LogP contribution is -2.54. The molecule has 218 valence electrons. The first kappa shape index (κ1) is 30.5. The number of nitrogens with one attached hydrogen (secondary N) is 1. The molecule has 1 aliphatic carbocycles. The number of sulfonamides is 1. The second-order valence-corrected chi connectivity index (χ2v) is 12.5. The SMILES string of the molecule is CS(=O)(=O)N(CC(=O)N(Cc1ccccc1Cl)[C@H](Cc1ccccc1)C(=O)NC1CCCC1)c1ccc(F)c(F)c1. The monoisotopic (exact) mass is 603 g/mol. The second kappa shape index (κ2) is 13.4. The van der Waals surface area contributed by atoms with E-state index in [2.05, 4.69) is 5.32 Å². The van der Waals surface area contributed by atoms with E-state index in [-0.39, 0.29) is 30.6 Å². The summed E-state index contributed by atoms with van der Waals surface area (Å²) in [6, 6.07) is 17.6. The van der Waals surface area contributed by atoms with Gasteiger partial charge in [-0.3, -0.25) is 13.9 Å². The first-order valence-electron chi connectivity index (χ1n) is 13.3. The normalized spacial score (nSPS) is 14.4. The molecule has 41 heavy (non-hydrogen) atoms. The number of hydrogen-bond donors (Lipinski definition) is 1. The lowest BCUT2D eigenvalue weighted by atomic mass is 10.0. The van der Waals surface area contributed by atoms with Gasteiger partial charge >= 0.3 is 0 Å². The predicted molar refractivity (Wildman–Crippen MR) is 155 cm³/mol. The molecule has 0 heterocycles. The maximum Gasteiger partial charge on any atom is 0.244 e. The van der Waals surface area contributed by atoms with Crippen molar-refractivity contribution in [2.75, 3.05) is 17.1 Å². The average Bonchev–Trinajstić information content (AvgIpc) is 3.44. The third-order valence-electron chi connectivity index (χ3n) is 7.14. The van der Waals surface area contributed by atoms with Crippen LogP contribution in [-0.4, -0.2) is 50.0 Å². The van der Waals surface area contributed by atoms with Crippen molar-refractivity contribution in [1.82, 2.24) is 10.2 Å². The Bertz CT molecular complexity index is 1480. The molecule has 11 heteroatoms. The number of carbonyl (C=O) groups is 2. The number of rotatable bonds is 11. The van der Waals surface area contributed by atoms with Crippen molar-refractivity contribution < 1.29 is 26.8 Å². The van der Waals surface area contributed by atoms with Gasteiger partial charge in [0.2, 0.25) is 21.8 Å². The Labute approximate surface area is 244 Å². The Morgan fingerprint density at radius 3 is 2.27 bits per heavy atom. The highest BCUT2D eigenvalue weighted by Gasteiger charge is 2.34. The molecule has 2 amide bonds. The molecular weight excluding hydrogens is 572 g/mol. The van der Waals surface area contributed by atoms with Crippen molar-refractivity contribution in [1.29, 1.82) is 0 Å². The lowest BCUT2D eigenvalue weighted by molar-refractivity contribution is -0.140. The summed E-state index contributed by atoms with van der Waals surface area (Å²) in [5.41, 5.74) is 1.15. The van der Waals surface area contributed by atoms with Crippen molar-refractivity contribution in [2.45, 2.75) is 50.7 Å². The number of benzene rings is 3. The lowest BCUT2D eigenvalue weighted by Gasteiger charge is -2.34. The van der Waals surface area contributed by atoms with Gasteiger partial charge < -0.3 is 10.2 Å². The van der Waals surface area contributed by atoms with E-state index in [1.54, 1.807) is 24.3 Å². The van der Waals surface area contributed by atoms with E-state index in [4.69, 9.17) is 11.6 Å². The summed E-state index contributed by atoms with van der Waals surface area (Å²) in [4.78, 5) is 29.2. The molecule has 1 aliphatic rings. The summed E-state index contributed by atoms with van der Waals surface area (Å²) < 4.78 is 53.9. The van der Waals surface area contributed by atoms with Crippen LogP contribution >= 0.6 is 11.6 Å². The van der Waals surface area contributed by atoms with Crippen LogP contribution in [0.1, 0.15) is 36.8 Å². The third-order valence-corrected chi connectivity index (χ3v) is 8.65. The average molecular weight is 604 g/mol. The van der Waals surface area contributed by atoms with Crippen LogP contribution in [0.2, 0.25) is 5.02 Å². The minimum absolute atomic E-state index is 0.0206. The summed E-state index contributed by atoms with van der Waals surface area (Å²) in [7, 11) is -4.11. The van der Waals surface area contributed by atoms with Gasteiger partial charge in [0.25, 0.3) is 0 Å². The molecule has 1 saturated carbocycles. The standard InChI is InChI=1S/C30H32ClF2N3O4S/c1-41(39,40)36(24-15-16-26(32)27(33)18-24)20-29(37)35(19-22-11-5-8-14-25(22)31)28(17-21-9-3-2-4-10-21)30(38)34-23-12-6-7-13-23/h2-5,8-11,14-16,18,23,28H,6-7,12-13,17,19-20H2,1H3,(H,34,38)/t28-/m1/s1. The van der Waals surface area contributed by atoms with Crippen LogP contribution in [0.5, 0.6) is 0 Å². The summed E-state index contributed by atoms with van der Waals surface area (Å²) in [6.45, 7) is -0.820. The van der Waals surface area contributed by atoms with Gasteiger partial charge in [0.05, 0.1) is 11.9 Å². The Balaban J connectivity index is 1.74. The van der Waals surface area contributed by atoms with Crippen LogP contribution in [0, 0.1) is 11.6 Å². The molecule has 7 nitrogen and oxygen atoms in total. The van der Waals surface area contributed by atoms with Crippen LogP contribution in [0.15, 0.2) is 72.8 Å². The van der Waals surface area contributed by atoms with Crippen molar-refractivity contribution in [3.05, 3.63) is 101 Å². The summed E-state index contributed by atoms with van der Waals surface area (Å²) in [5.74, 6) is -3.47. The van der Waals surface area contributed by atoms with Crippen LogP contribution in [0.3, 0.4) is 0 Å². The molecule has 0 bridgehead atoms. The van der Waals surface area contributed by atoms with Crippen molar-refractivity contribution in [3.8, 4) is 0 Å². The molecule has 1 N–H and O–H groups in total. The molecule has 3 aromatic carbocycles. The third kappa shape index (κ3) is 8.04. The number of anilines is 1. The van der Waals surface area contributed by atoms with Gasteiger partial charge in [0.1, 0.15) is 12.6 Å². The molecule has 1 atom stereocenters. The Morgan fingerprint density at radius 1 is 0.976 bits per heavy atom. The number of hydrogen-bond acceptors (Lipinski definition) is 4. The highest BCUT2D eigenvalue weighted by molar-refractivity contribution is 7.92. The van der Waals surface area contributed by atoms with E-state index in [1.807, 2.05) is 30.3 Å². The largest absolute Gasteiger partial charge is 0.352 e. The number of halogens is 3. The fourth-order valence-electron chi connectivity index (χ4n) is 4.99. The summed E-state index contributed by atoms with van der Waals surface area (Å²) in [6.07, 6.45) is 4.69. The molecule has 0 spiro atoms. The quantitative estimate of drug-likeness (QED) is 0.331. The highest BCUT2D eigenvalue weighted by Crippen LogP contribution is 2.25. The van der Waals surface area contributed by atoms with Gasteiger partial charge in [-0.15, -0.1) is 0 Å². The molecule has 1 fully saturated rings. The van der Waals surface area contributed by atoms with Crippen molar-refractivity contribution >= 4 is 39.1 Å². The zero-order chi connectivity index (χ0) is 29.6. The Hall–Kier alpha value is -3.50. The van der Waals surface area contributed by atoms with Gasteiger partial charge in [-0.1, -0.05) is 73.0 Å². The maximum atomic E-state index is 14.1. The van der Waals surface area contributed by atoms with Crippen LogP contribution in [0.25, 0.3) is 0 Å². The fraction of sp³-hybridized carbons (Fsp3) is 0.333. The maximum absolute atomic E-state index is 14.1. The smallest absolute Gasteiger partial charge is 0.244 e. The van der Waals surface area contributed by atoms with E-state index < -0.39 is 40.2 Å². The van der Waals surface area contributed by atoms with Crippen molar-refractivity contribution in [3.63, 3.8) is 0 Å². The van der Waals surface area contributed by atoms with E-state index in [0.29, 0.717) is 14.9 Å². The Kier molecular flexibility index (Phi) is 9.99. The first-order chi connectivity index (χ1) is 19.5. The van der Waals surface area contributed by atoms with Crippen LogP contribution < -0.4 is 9.62 Å². The first-order valence-corrected chi connectivity index (χ1v) is 15.6. The Morgan fingerprint density at radius 2 is 1.63 bits per heavy atom. The zero-order valence-corrected chi connectivity index (χ0v) is 24.2. The van der Waals surface area contributed by atoms with E-state index in [0.717, 1.165) is 55.7 Å². The number of carbonyl (C=O) groups excluding carboxylic acids is 2. The van der Waals surface area contributed by atoms with Gasteiger partial charge in [0, 0.05) is 30.1 Å². The molecular formula is C30H32ClF2N3O4S. The highest BCUT2D eigenvalue weighted by atomic mass is 35.5. The molecule has 3 aromatic rings. The minimum atomic E-state index is -4.11. The van der Waals surface area contributed by atoms with Crippen LogP contribution in [0.4, 0.5) is 14.5 Å². The molecule has 0 saturated heterocycles. The van der Waals surface area contributed by atoms with Gasteiger partial charge in [-0.25, -0.2) is 17.2 Å². The topological polar surface area (TPSA) is 86.8 Å². The van der Waals surface area contributed by atoms with Crippen molar-refractivity contribution in [2.24, 2.45) is 0 Å². The molecule has 0 aromatic heterocycles. The summed E-state index contributed by atoms with van der Waals surface area (Å²) in [5, 5.41) is 3.45. The number of nitrogens with zero attached hydrogens (tertiary/aromatic N) is 2. The van der Waals surface area contributed by atoms with E-state index >= 15 is 0 Å². The van der Waals surface area contributed by atoms with Crippen LogP contribution in [-0.2, 0) is 32.6 Å². The van der Waals surface area contributed by atoms with Gasteiger partial charge in [-0.2, -0.15) is 0 Å². The van der Waals surface area contributed by atoms with E-state index in [1.165, 1.54) is 4.90 Å². The predicted octanol–water partition coefficient (Wildman–Crippen LogP) is 5.08. The van der Waals surface area contributed by atoms with Gasteiger partial charge in [-0.05, 0) is 42.2 Å². The zero-order valence-electron chi connectivity index (χ0n) is 22.6. The molecule has 0 unspecified atom stereocenters. The summed E-state index contributed by atoms with van der Waals surface area (Å²) >= 11 is 6.44. The molecule has 0 radical (unpaired) electrons. The fourth-order valence-corrected chi connectivity index (χ4v) is 6.02. The van der Waals surface area contributed by atoms with Gasteiger partial charge in [0.15, 0.2) is 11.6 Å². The second-order valence-electron chi connectivity index (χ2n) is 10.2. The minimum Gasteiger partial charge on any atom is -0.352 e. The molecule has 4 rings (SSSR count).